The summed E-state index contributed by atoms with van der Waals surface area (Å²) < 4.78 is 1.05. The third kappa shape index (κ3) is 4.72. The summed E-state index contributed by atoms with van der Waals surface area (Å²) in [6, 6.07) is 24.4. The Hall–Kier alpha value is -2.55. The van der Waals surface area contributed by atoms with Crippen molar-refractivity contribution in [3.05, 3.63) is 88.4 Å². The molecular formula is C20H13BrN2OS. The Balaban J connectivity index is 1.64. The van der Waals surface area contributed by atoms with Crippen LogP contribution >= 0.6 is 27.7 Å². The maximum absolute atomic E-state index is 12.2. The summed E-state index contributed by atoms with van der Waals surface area (Å²) in [4.78, 5) is 14.5. The van der Waals surface area contributed by atoms with E-state index in [9.17, 15) is 4.79 Å². The van der Waals surface area contributed by atoms with Gasteiger partial charge in [-0.25, -0.2) is 0 Å². The number of anilines is 1. The van der Waals surface area contributed by atoms with Crippen molar-refractivity contribution in [2.24, 2.45) is 0 Å². The van der Waals surface area contributed by atoms with Crippen molar-refractivity contribution in [1.29, 1.82) is 5.26 Å². The topological polar surface area (TPSA) is 52.9 Å². The number of nitriles is 1. The molecule has 25 heavy (non-hydrogen) atoms. The molecule has 0 unspecified atom stereocenters. The molecule has 0 saturated carbocycles. The summed E-state index contributed by atoms with van der Waals surface area (Å²) in [6.45, 7) is 0. The number of rotatable bonds is 4. The second kappa shape index (κ2) is 8.02. The van der Waals surface area contributed by atoms with E-state index >= 15 is 0 Å². The molecule has 5 heteroatoms. The highest BCUT2D eigenvalue weighted by Crippen LogP contribution is 2.29. The van der Waals surface area contributed by atoms with Crippen LogP contribution < -0.4 is 5.32 Å². The largest absolute Gasteiger partial charge is 0.322 e. The molecule has 3 rings (SSSR count). The highest BCUT2D eigenvalue weighted by molar-refractivity contribution is 9.10. The minimum absolute atomic E-state index is 0.196. The van der Waals surface area contributed by atoms with Gasteiger partial charge >= 0.3 is 0 Å². The molecule has 0 atom stereocenters. The van der Waals surface area contributed by atoms with Gasteiger partial charge in [0.1, 0.15) is 0 Å². The summed E-state index contributed by atoms with van der Waals surface area (Å²) in [5.41, 5.74) is 1.78. The molecule has 122 valence electrons. The summed E-state index contributed by atoms with van der Waals surface area (Å²) in [5.74, 6) is -0.196. The Kier molecular flexibility index (Phi) is 5.54. The van der Waals surface area contributed by atoms with Crippen molar-refractivity contribution in [3.8, 4) is 6.07 Å². The SMILES string of the molecule is N#Cc1ccc(C(=O)Nc2ccc(Sc3ccc(Br)cc3)cc2)cc1. The second-order valence-corrected chi connectivity index (χ2v) is 7.29. The van der Waals surface area contributed by atoms with Gasteiger partial charge in [-0.2, -0.15) is 5.26 Å². The molecule has 0 aliphatic carbocycles. The third-order valence-electron chi connectivity index (χ3n) is 3.44. The first kappa shape index (κ1) is 17.3. The van der Waals surface area contributed by atoms with Gasteiger partial charge in [-0.1, -0.05) is 27.7 Å². The van der Waals surface area contributed by atoms with Crippen molar-refractivity contribution in [3.63, 3.8) is 0 Å². The summed E-state index contributed by atoms with van der Waals surface area (Å²) in [7, 11) is 0. The lowest BCUT2D eigenvalue weighted by molar-refractivity contribution is 0.102. The van der Waals surface area contributed by atoms with Crippen molar-refractivity contribution in [2.45, 2.75) is 9.79 Å². The van der Waals surface area contributed by atoms with Gasteiger partial charge in [0.2, 0.25) is 0 Å². The van der Waals surface area contributed by atoms with E-state index in [2.05, 4.69) is 33.4 Å². The predicted molar refractivity (Wildman–Crippen MR) is 104 cm³/mol. The van der Waals surface area contributed by atoms with Crippen LogP contribution in [0.15, 0.2) is 87.1 Å². The monoisotopic (exact) mass is 408 g/mol. The van der Waals surface area contributed by atoms with E-state index in [0.29, 0.717) is 11.1 Å². The summed E-state index contributed by atoms with van der Waals surface area (Å²) in [6.07, 6.45) is 0. The first-order valence-electron chi connectivity index (χ1n) is 7.49. The number of carbonyl (C=O) groups is 1. The average molecular weight is 409 g/mol. The Morgan fingerprint density at radius 1 is 0.880 bits per heavy atom. The Morgan fingerprint density at radius 2 is 1.44 bits per heavy atom. The van der Waals surface area contributed by atoms with Crippen LogP contribution in [0.4, 0.5) is 5.69 Å². The lowest BCUT2D eigenvalue weighted by atomic mass is 10.1. The summed E-state index contributed by atoms with van der Waals surface area (Å²) in [5, 5.41) is 11.6. The van der Waals surface area contributed by atoms with Crippen molar-refractivity contribution in [1.82, 2.24) is 0 Å². The fourth-order valence-electron chi connectivity index (χ4n) is 2.14. The third-order valence-corrected chi connectivity index (χ3v) is 4.98. The van der Waals surface area contributed by atoms with Crippen molar-refractivity contribution < 1.29 is 4.79 Å². The Bertz CT molecular complexity index is 914. The van der Waals surface area contributed by atoms with E-state index in [1.807, 2.05) is 42.5 Å². The van der Waals surface area contributed by atoms with Gasteiger partial charge in [0.05, 0.1) is 11.6 Å². The number of benzene rings is 3. The maximum atomic E-state index is 12.2. The molecular weight excluding hydrogens is 396 g/mol. The quantitative estimate of drug-likeness (QED) is 0.599. The van der Waals surface area contributed by atoms with Crippen LogP contribution in [0.2, 0.25) is 0 Å². The number of hydrogen-bond acceptors (Lipinski definition) is 3. The van der Waals surface area contributed by atoms with E-state index in [-0.39, 0.29) is 5.91 Å². The molecule has 0 fully saturated rings. The van der Waals surface area contributed by atoms with Gasteiger partial charge in [-0.05, 0) is 72.8 Å². The van der Waals surface area contributed by atoms with E-state index in [1.54, 1.807) is 36.0 Å². The van der Waals surface area contributed by atoms with Gasteiger partial charge in [0, 0.05) is 25.5 Å². The smallest absolute Gasteiger partial charge is 0.255 e. The van der Waals surface area contributed by atoms with Gasteiger partial charge in [0.25, 0.3) is 5.91 Å². The van der Waals surface area contributed by atoms with Gasteiger partial charge in [0.15, 0.2) is 0 Å². The first-order valence-corrected chi connectivity index (χ1v) is 9.10. The van der Waals surface area contributed by atoms with Gasteiger partial charge in [-0.15, -0.1) is 0 Å². The molecule has 1 amide bonds. The van der Waals surface area contributed by atoms with Crippen LogP contribution in [0.3, 0.4) is 0 Å². The molecule has 0 aromatic heterocycles. The van der Waals surface area contributed by atoms with Crippen LogP contribution in [0.5, 0.6) is 0 Å². The molecule has 0 saturated heterocycles. The summed E-state index contributed by atoms with van der Waals surface area (Å²) >= 11 is 5.09. The number of nitrogens with zero attached hydrogens (tertiary/aromatic N) is 1. The van der Waals surface area contributed by atoms with Crippen LogP contribution in [0.1, 0.15) is 15.9 Å². The van der Waals surface area contributed by atoms with Crippen LogP contribution in [-0.2, 0) is 0 Å². The average Bonchev–Trinajstić information content (AvgIpc) is 2.65. The molecule has 0 aliphatic rings. The molecule has 3 aromatic rings. The maximum Gasteiger partial charge on any atom is 0.255 e. The minimum Gasteiger partial charge on any atom is -0.322 e. The Morgan fingerprint density at radius 3 is 2.00 bits per heavy atom. The molecule has 0 radical (unpaired) electrons. The zero-order valence-electron chi connectivity index (χ0n) is 13.1. The minimum atomic E-state index is -0.196. The number of nitrogens with one attached hydrogen (secondary N) is 1. The van der Waals surface area contributed by atoms with E-state index in [0.717, 1.165) is 20.0 Å². The molecule has 0 heterocycles. The predicted octanol–water partition coefficient (Wildman–Crippen LogP) is 5.72. The highest BCUT2D eigenvalue weighted by Gasteiger charge is 2.06. The standard InChI is InChI=1S/C20H13BrN2OS/c21-16-5-9-18(10-6-16)25-19-11-7-17(8-12-19)23-20(24)15-3-1-14(13-22)2-4-15/h1-12H,(H,23,24). The van der Waals surface area contributed by atoms with Gasteiger partial charge in [-0.3, -0.25) is 4.79 Å². The highest BCUT2D eigenvalue weighted by atomic mass is 79.9. The van der Waals surface area contributed by atoms with E-state index < -0.39 is 0 Å². The number of carbonyl (C=O) groups excluding carboxylic acids is 1. The number of halogens is 1. The number of amides is 1. The Labute approximate surface area is 158 Å². The molecule has 0 aliphatic heterocycles. The van der Waals surface area contributed by atoms with Crippen LogP contribution in [-0.4, -0.2) is 5.91 Å². The van der Waals surface area contributed by atoms with Crippen molar-refractivity contribution >= 4 is 39.3 Å². The molecule has 0 spiro atoms. The molecule has 0 bridgehead atoms. The fourth-order valence-corrected chi connectivity index (χ4v) is 3.23. The first-order chi connectivity index (χ1) is 12.1. The molecule has 1 N–H and O–H groups in total. The number of hydrogen-bond donors (Lipinski definition) is 1. The molecule has 3 nitrogen and oxygen atoms in total. The normalized spacial score (nSPS) is 10.1. The lowest BCUT2D eigenvalue weighted by Crippen LogP contribution is -2.11. The zero-order chi connectivity index (χ0) is 17.6. The molecule has 3 aromatic carbocycles. The lowest BCUT2D eigenvalue weighted by Gasteiger charge is -2.07. The van der Waals surface area contributed by atoms with Crippen LogP contribution in [0.25, 0.3) is 0 Å². The second-order valence-electron chi connectivity index (χ2n) is 5.22. The van der Waals surface area contributed by atoms with Gasteiger partial charge < -0.3 is 5.32 Å². The zero-order valence-corrected chi connectivity index (χ0v) is 15.5. The van der Waals surface area contributed by atoms with E-state index in [1.165, 1.54) is 0 Å². The van der Waals surface area contributed by atoms with Crippen LogP contribution in [0, 0.1) is 11.3 Å². The van der Waals surface area contributed by atoms with E-state index in [4.69, 9.17) is 5.26 Å². The fraction of sp³-hybridized carbons (Fsp3) is 0. The van der Waals surface area contributed by atoms with Crippen molar-refractivity contribution in [2.75, 3.05) is 5.32 Å².